The summed E-state index contributed by atoms with van der Waals surface area (Å²) >= 11 is 0. The summed E-state index contributed by atoms with van der Waals surface area (Å²) in [6, 6.07) is 0. The maximum Gasteiger partial charge on any atom is 0.0456 e. The van der Waals surface area contributed by atoms with Crippen LogP contribution in [0.3, 0.4) is 0 Å². The van der Waals surface area contributed by atoms with Crippen LogP contribution in [-0.2, 0) is 0 Å². The smallest absolute Gasteiger partial charge is 0.0456 e. The van der Waals surface area contributed by atoms with E-state index in [-0.39, 0.29) is 0 Å². The predicted octanol–water partition coefficient (Wildman–Crippen LogP) is 3.22. The molecular weight excluding hydrogens is 148 g/mol. The van der Waals surface area contributed by atoms with Gasteiger partial charge in [0.2, 0.25) is 0 Å². The molecule has 0 rings (SSSR count). The van der Waals surface area contributed by atoms with Gasteiger partial charge >= 0.3 is 0 Å². The lowest BCUT2D eigenvalue weighted by Crippen LogP contribution is -2.08. The van der Waals surface area contributed by atoms with Crippen molar-refractivity contribution in [1.29, 1.82) is 0 Å². The van der Waals surface area contributed by atoms with Crippen molar-refractivity contribution in [2.75, 3.05) is 6.61 Å². The summed E-state index contributed by atoms with van der Waals surface area (Å²) in [5.74, 6) is 1.33. The van der Waals surface area contributed by atoms with Crippen molar-refractivity contribution in [3.05, 3.63) is 0 Å². The molecule has 0 saturated heterocycles. The first-order valence-electron chi connectivity index (χ1n) is 5.35. The molecule has 12 heavy (non-hydrogen) atoms. The molecule has 0 radical (unpaired) electrons. The minimum atomic E-state index is 0.350. The molecule has 0 aliphatic carbocycles. The second-order valence-corrected chi connectivity index (χ2v) is 3.94. The Labute approximate surface area is 77.2 Å². The maximum absolute atomic E-state index is 8.90. The van der Waals surface area contributed by atoms with E-state index in [9.17, 15) is 0 Å². The van der Waals surface area contributed by atoms with Crippen LogP contribution in [0.1, 0.15) is 52.9 Å². The molecule has 0 spiro atoms. The molecule has 1 nitrogen and oxygen atoms in total. The minimum Gasteiger partial charge on any atom is -0.396 e. The van der Waals surface area contributed by atoms with Crippen LogP contribution in [0.25, 0.3) is 0 Å². The lowest BCUT2D eigenvalue weighted by atomic mass is 9.90. The fourth-order valence-corrected chi connectivity index (χ4v) is 1.63. The monoisotopic (exact) mass is 172 g/mol. The molecule has 2 unspecified atom stereocenters. The van der Waals surface area contributed by atoms with Gasteiger partial charge in [0.05, 0.1) is 0 Å². The van der Waals surface area contributed by atoms with Crippen molar-refractivity contribution in [3.63, 3.8) is 0 Å². The third-order valence-corrected chi connectivity index (χ3v) is 2.59. The Morgan fingerprint density at radius 2 is 1.92 bits per heavy atom. The quantitative estimate of drug-likeness (QED) is 0.625. The van der Waals surface area contributed by atoms with E-state index in [4.69, 9.17) is 5.11 Å². The minimum absolute atomic E-state index is 0.350. The number of rotatable bonds is 7. The van der Waals surface area contributed by atoms with E-state index in [0.717, 1.165) is 5.92 Å². The van der Waals surface area contributed by atoms with Gasteiger partial charge in [-0.1, -0.05) is 46.5 Å². The molecule has 0 aromatic carbocycles. The van der Waals surface area contributed by atoms with E-state index in [0.29, 0.717) is 12.5 Å². The second kappa shape index (κ2) is 7.60. The average Bonchev–Trinajstić information content (AvgIpc) is 2.11. The van der Waals surface area contributed by atoms with Gasteiger partial charge in [0.25, 0.3) is 0 Å². The summed E-state index contributed by atoms with van der Waals surface area (Å²) < 4.78 is 0. The fraction of sp³-hybridized carbons (Fsp3) is 1.00. The zero-order valence-electron chi connectivity index (χ0n) is 8.84. The van der Waals surface area contributed by atoms with E-state index in [2.05, 4.69) is 20.8 Å². The van der Waals surface area contributed by atoms with Crippen LogP contribution in [0.15, 0.2) is 0 Å². The molecule has 0 saturated carbocycles. The zero-order valence-corrected chi connectivity index (χ0v) is 8.84. The van der Waals surface area contributed by atoms with Crippen molar-refractivity contribution in [2.24, 2.45) is 11.8 Å². The number of hydrogen-bond donors (Lipinski definition) is 1. The highest BCUT2D eigenvalue weighted by Crippen LogP contribution is 2.20. The Morgan fingerprint density at radius 1 is 1.25 bits per heavy atom. The molecule has 74 valence electrons. The van der Waals surface area contributed by atoms with Crippen LogP contribution in [0.4, 0.5) is 0 Å². The van der Waals surface area contributed by atoms with Gasteiger partial charge in [-0.25, -0.2) is 0 Å². The van der Waals surface area contributed by atoms with Gasteiger partial charge < -0.3 is 5.11 Å². The largest absolute Gasteiger partial charge is 0.396 e. The molecule has 1 heteroatoms. The first-order chi connectivity index (χ1) is 5.74. The van der Waals surface area contributed by atoms with Crippen molar-refractivity contribution in [2.45, 2.75) is 52.9 Å². The number of aliphatic hydroxyl groups is 1. The van der Waals surface area contributed by atoms with Crippen LogP contribution >= 0.6 is 0 Å². The fourth-order valence-electron chi connectivity index (χ4n) is 1.63. The van der Waals surface area contributed by atoms with Crippen molar-refractivity contribution >= 4 is 0 Å². The third kappa shape index (κ3) is 5.59. The predicted molar refractivity (Wildman–Crippen MR) is 54.2 cm³/mol. The van der Waals surface area contributed by atoms with E-state index in [1.807, 2.05) is 0 Å². The van der Waals surface area contributed by atoms with Gasteiger partial charge in [0.15, 0.2) is 0 Å². The van der Waals surface area contributed by atoms with Crippen LogP contribution in [0.2, 0.25) is 0 Å². The van der Waals surface area contributed by atoms with Crippen molar-refractivity contribution in [1.82, 2.24) is 0 Å². The molecule has 0 fully saturated rings. The molecule has 2 atom stereocenters. The van der Waals surface area contributed by atoms with Crippen LogP contribution in [-0.4, -0.2) is 11.7 Å². The highest BCUT2D eigenvalue weighted by Gasteiger charge is 2.09. The normalized spacial score (nSPS) is 16.0. The van der Waals surface area contributed by atoms with Crippen LogP contribution < -0.4 is 0 Å². The lowest BCUT2D eigenvalue weighted by Gasteiger charge is -2.17. The molecule has 0 aliphatic rings. The van der Waals surface area contributed by atoms with Gasteiger partial charge in [-0.2, -0.15) is 0 Å². The summed E-state index contributed by atoms with van der Waals surface area (Å²) in [5, 5.41) is 8.90. The SMILES string of the molecule is CCCCC(CC)CC(C)CO. The third-order valence-electron chi connectivity index (χ3n) is 2.59. The number of aliphatic hydroxyl groups excluding tert-OH is 1. The van der Waals surface area contributed by atoms with Gasteiger partial charge in [0, 0.05) is 6.61 Å². The van der Waals surface area contributed by atoms with E-state index >= 15 is 0 Å². The van der Waals surface area contributed by atoms with Gasteiger partial charge in [-0.3, -0.25) is 0 Å². The summed E-state index contributed by atoms with van der Waals surface area (Å²) in [6.07, 6.45) is 6.45. The molecule has 0 heterocycles. The summed E-state index contributed by atoms with van der Waals surface area (Å²) in [6.45, 7) is 6.98. The Morgan fingerprint density at radius 3 is 2.33 bits per heavy atom. The molecule has 0 aliphatic heterocycles. The highest BCUT2D eigenvalue weighted by atomic mass is 16.3. The second-order valence-electron chi connectivity index (χ2n) is 3.94. The Kier molecular flexibility index (Phi) is 7.58. The van der Waals surface area contributed by atoms with Crippen molar-refractivity contribution in [3.8, 4) is 0 Å². The Hall–Kier alpha value is -0.0400. The number of unbranched alkanes of at least 4 members (excludes halogenated alkanes) is 1. The van der Waals surface area contributed by atoms with E-state index in [1.54, 1.807) is 0 Å². The van der Waals surface area contributed by atoms with Gasteiger partial charge in [-0.05, 0) is 18.3 Å². The summed E-state index contributed by atoms with van der Waals surface area (Å²) in [5.41, 5.74) is 0. The molecule has 0 aromatic heterocycles. The highest BCUT2D eigenvalue weighted by molar-refractivity contribution is 4.61. The van der Waals surface area contributed by atoms with Crippen LogP contribution in [0, 0.1) is 11.8 Å². The molecule has 0 amide bonds. The topological polar surface area (TPSA) is 20.2 Å². The van der Waals surface area contributed by atoms with E-state index in [1.165, 1.54) is 32.1 Å². The molecule has 0 aromatic rings. The van der Waals surface area contributed by atoms with Crippen molar-refractivity contribution < 1.29 is 5.11 Å². The van der Waals surface area contributed by atoms with Crippen LogP contribution in [0.5, 0.6) is 0 Å². The molecule has 0 bridgehead atoms. The van der Waals surface area contributed by atoms with E-state index < -0.39 is 0 Å². The molecular formula is C11H24O. The number of hydrogen-bond acceptors (Lipinski definition) is 1. The summed E-state index contributed by atoms with van der Waals surface area (Å²) in [7, 11) is 0. The lowest BCUT2D eigenvalue weighted by molar-refractivity contribution is 0.206. The zero-order chi connectivity index (χ0) is 9.40. The maximum atomic E-state index is 8.90. The molecule has 1 N–H and O–H groups in total. The standard InChI is InChI=1S/C11H24O/c1-4-6-7-11(5-2)8-10(3)9-12/h10-12H,4-9H2,1-3H3. The average molecular weight is 172 g/mol. The first-order valence-corrected chi connectivity index (χ1v) is 5.35. The first kappa shape index (κ1) is 12.0. The summed E-state index contributed by atoms with van der Waals surface area (Å²) in [4.78, 5) is 0. The van der Waals surface area contributed by atoms with Gasteiger partial charge in [0.1, 0.15) is 0 Å². The Balaban J connectivity index is 3.51. The van der Waals surface area contributed by atoms with Gasteiger partial charge in [-0.15, -0.1) is 0 Å². The Bertz CT molecular complexity index is 91.0.